The Labute approximate surface area is 123 Å². The summed E-state index contributed by atoms with van der Waals surface area (Å²) in [6, 6.07) is 5.76. The Hall–Kier alpha value is -2.12. The standard InChI is InChI=1S/C14H20N4O3/c1-18(9-13-16-14(7-15)21-17-13)8-10-4-5-11(19-2)6-12(10)20-3/h4-6H,7-9,15H2,1-3H3. The van der Waals surface area contributed by atoms with E-state index in [0.717, 1.165) is 17.1 Å². The molecule has 0 bridgehead atoms. The summed E-state index contributed by atoms with van der Waals surface area (Å²) >= 11 is 0. The van der Waals surface area contributed by atoms with Crippen LogP contribution >= 0.6 is 0 Å². The van der Waals surface area contributed by atoms with Gasteiger partial charge in [0, 0.05) is 18.2 Å². The number of benzene rings is 1. The van der Waals surface area contributed by atoms with E-state index in [9.17, 15) is 0 Å². The first-order valence-corrected chi connectivity index (χ1v) is 6.57. The zero-order valence-corrected chi connectivity index (χ0v) is 12.5. The minimum Gasteiger partial charge on any atom is -0.497 e. The van der Waals surface area contributed by atoms with Gasteiger partial charge in [-0.25, -0.2) is 0 Å². The van der Waals surface area contributed by atoms with Crippen LogP contribution in [0, 0.1) is 0 Å². The number of aromatic nitrogens is 2. The van der Waals surface area contributed by atoms with Crippen molar-refractivity contribution in [1.29, 1.82) is 0 Å². The Kier molecular flexibility index (Phi) is 5.13. The van der Waals surface area contributed by atoms with Crippen molar-refractivity contribution in [3.05, 3.63) is 35.5 Å². The van der Waals surface area contributed by atoms with E-state index >= 15 is 0 Å². The minimum absolute atomic E-state index is 0.253. The van der Waals surface area contributed by atoms with E-state index in [-0.39, 0.29) is 6.54 Å². The number of nitrogens with two attached hydrogens (primary N) is 1. The van der Waals surface area contributed by atoms with Crippen LogP contribution in [0.5, 0.6) is 11.5 Å². The van der Waals surface area contributed by atoms with E-state index < -0.39 is 0 Å². The van der Waals surface area contributed by atoms with Crippen LogP contribution in [0.15, 0.2) is 22.7 Å². The molecule has 0 unspecified atom stereocenters. The highest BCUT2D eigenvalue weighted by Crippen LogP contribution is 2.25. The lowest BCUT2D eigenvalue weighted by atomic mass is 10.2. The van der Waals surface area contributed by atoms with Gasteiger partial charge in [0.2, 0.25) is 5.89 Å². The van der Waals surface area contributed by atoms with Crippen molar-refractivity contribution in [3.8, 4) is 11.5 Å². The largest absolute Gasteiger partial charge is 0.497 e. The first kappa shape index (κ1) is 15.3. The van der Waals surface area contributed by atoms with Gasteiger partial charge >= 0.3 is 0 Å². The highest BCUT2D eigenvalue weighted by atomic mass is 16.5. The summed E-state index contributed by atoms with van der Waals surface area (Å²) in [5.41, 5.74) is 6.50. The number of ether oxygens (including phenoxy) is 2. The summed E-state index contributed by atoms with van der Waals surface area (Å²) in [6.45, 7) is 1.52. The molecular weight excluding hydrogens is 272 g/mol. The lowest BCUT2D eigenvalue weighted by Crippen LogP contribution is -2.18. The molecule has 2 aromatic rings. The molecule has 0 radical (unpaired) electrons. The highest BCUT2D eigenvalue weighted by molar-refractivity contribution is 5.40. The average molecular weight is 292 g/mol. The third kappa shape index (κ3) is 3.93. The third-order valence-corrected chi connectivity index (χ3v) is 3.03. The van der Waals surface area contributed by atoms with Crippen LogP contribution in [0.3, 0.4) is 0 Å². The van der Waals surface area contributed by atoms with E-state index in [1.54, 1.807) is 14.2 Å². The van der Waals surface area contributed by atoms with Crippen molar-refractivity contribution in [1.82, 2.24) is 15.0 Å². The monoisotopic (exact) mass is 292 g/mol. The zero-order valence-electron chi connectivity index (χ0n) is 12.5. The van der Waals surface area contributed by atoms with Gasteiger partial charge in [0.05, 0.1) is 27.3 Å². The van der Waals surface area contributed by atoms with Crippen molar-refractivity contribution in [2.75, 3.05) is 21.3 Å². The maximum absolute atomic E-state index is 5.44. The second-order valence-electron chi connectivity index (χ2n) is 4.66. The van der Waals surface area contributed by atoms with Crippen LogP contribution in [0.1, 0.15) is 17.3 Å². The van der Waals surface area contributed by atoms with Crippen molar-refractivity contribution in [3.63, 3.8) is 0 Å². The predicted molar refractivity (Wildman–Crippen MR) is 76.9 cm³/mol. The summed E-state index contributed by atoms with van der Waals surface area (Å²) in [6.07, 6.45) is 0. The molecule has 2 N–H and O–H groups in total. The maximum Gasteiger partial charge on any atom is 0.240 e. The van der Waals surface area contributed by atoms with Gasteiger partial charge in [-0.3, -0.25) is 4.90 Å². The molecule has 1 heterocycles. The number of nitrogens with zero attached hydrogens (tertiary/aromatic N) is 3. The molecule has 0 aliphatic carbocycles. The van der Waals surface area contributed by atoms with Gasteiger partial charge in [-0.1, -0.05) is 11.2 Å². The lowest BCUT2D eigenvalue weighted by molar-refractivity contribution is 0.293. The fraction of sp³-hybridized carbons (Fsp3) is 0.429. The SMILES string of the molecule is COc1ccc(CN(C)Cc2noc(CN)n2)c(OC)c1. The van der Waals surface area contributed by atoms with Gasteiger partial charge < -0.3 is 19.7 Å². The van der Waals surface area contributed by atoms with Gasteiger partial charge in [-0.05, 0) is 13.1 Å². The van der Waals surface area contributed by atoms with E-state index in [1.165, 1.54) is 0 Å². The Bertz CT molecular complexity index is 585. The molecule has 0 fully saturated rings. The molecule has 0 atom stereocenters. The van der Waals surface area contributed by atoms with Crippen molar-refractivity contribution in [2.45, 2.75) is 19.6 Å². The van der Waals surface area contributed by atoms with Crippen molar-refractivity contribution in [2.24, 2.45) is 5.73 Å². The fourth-order valence-electron chi connectivity index (χ4n) is 2.01. The predicted octanol–water partition coefficient (Wildman–Crippen LogP) is 1.18. The molecule has 0 saturated heterocycles. The number of hydrogen-bond acceptors (Lipinski definition) is 7. The van der Waals surface area contributed by atoms with Gasteiger partial charge in [-0.2, -0.15) is 4.98 Å². The number of hydrogen-bond donors (Lipinski definition) is 1. The molecule has 7 nitrogen and oxygen atoms in total. The Morgan fingerprint density at radius 2 is 2.05 bits per heavy atom. The van der Waals surface area contributed by atoms with Crippen LogP contribution < -0.4 is 15.2 Å². The fourth-order valence-corrected chi connectivity index (χ4v) is 2.01. The molecule has 114 valence electrons. The molecule has 7 heteroatoms. The molecule has 0 saturated carbocycles. The smallest absolute Gasteiger partial charge is 0.240 e. The normalized spacial score (nSPS) is 10.9. The van der Waals surface area contributed by atoms with Crippen molar-refractivity contribution >= 4 is 0 Å². The molecule has 0 spiro atoms. The van der Waals surface area contributed by atoms with E-state index in [2.05, 4.69) is 15.0 Å². The second kappa shape index (κ2) is 7.05. The van der Waals surface area contributed by atoms with Crippen LogP contribution in [0.25, 0.3) is 0 Å². The summed E-state index contributed by atoms with van der Waals surface area (Å²) in [5, 5.41) is 3.88. The maximum atomic E-state index is 5.44. The topological polar surface area (TPSA) is 86.6 Å². The number of rotatable bonds is 7. The first-order valence-electron chi connectivity index (χ1n) is 6.57. The average Bonchev–Trinajstić information content (AvgIpc) is 2.95. The molecule has 0 aliphatic heterocycles. The third-order valence-electron chi connectivity index (χ3n) is 3.03. The Morgan fingerprint density at radius 1 is 1.24 bits per heavy atom. The summed E-state index contributed by atoms with van der Waals surface area (Å²) in [4.78, 5) is 6.25. The quantitative estimate of drug-likeness (QED) is 0.819. The highest BCUT2D eigenvalue weighted by Gasteiger charge is 2.11. The minimum atomic E-state index is 0.253. The summed E-state index contributed by atoms with van der Waals surface area (Å²) in [5.74, 6) is 2.62. The molecule has 0 aliphatic rings. The first-order chi connectivity index (χ1) is 10.2. The van der Waals surface area contributed by atoms with E-state index in [0.29, 0.717) is 24.8 Å². The van der Waals surface area contributed by atoms with Crippen LogP contribution in [0.4, 0.5) is 0 Å². The van der Waals surface area contributed by atoms with Crippen LogP contribution in [-0.2, 0) is 19.6 Å². The molecule has 1 aromatic heterocycles. The van der Waals surface area contributed by atoms with Crippen LogP contribution in [-0.4, -0.2) is 36.3 Å². The zero-order chi connectivity index (χ0) is 15.2. The van der Waals surface area contributed by atoms with Gasteiger partial charge in [-0.15, -0.1) is 0 Å². The molecular formula is C14H20N4O3. The molecule has 21 heavy (non-hydrogen) atoms. The summed E-state index contributed by atoms with van der Waals surface area (Å²) in [7, 11) is 5.25. The van der Waals surface area contributed by atoms with Gasteiger partial charge in [0.1, 0.15) is 11.5 Å². The Balaban J connectivity index is 2.03. The number of methoxy groups -OCH3 is 2. The molecule has 0 amide bonds. The van der Waals surface area contributed by atoms with E-state index in [4.69, 9.17) is 19.7 Å². The second-order valence-corrected chi connectivity index (χ2v) is 4.66. The van der Waals surface area contributed by atoms with E-state index in [1.807, 2.05) is 25.2 Å². The van der Waals surface area contributed by atoms with Gasteiger partial charge in [0.25, 0.3) is 0 Å². The molecule has 1 aromatic carbocycles. The Morgan fingerprint density at radius 3 is 2.67 bits per heavy atom. The van der Waals surface area contributed by atoms with Gasteiger partial charge in [0.15, 0.2) is 5.82 Å². The van der Waals surface area contributed by atoms with Crippen molar-refractivity contribution < 1.29 is 14.0 Å². The molecule has 2 rings (SSSR count). The van der Waals surface area contributed by atoms with Crippen LogP contribution in [0.2, 0.25) is 0 Å². The lowest BCUT2D eigenvalue weighted by Gasteiger charge is -2.17. The summed E-state index contributed by atoms with van der Waals surface area (Å²) < 4.78 is 15.6.